The third-order valence-electron chi connectivity index (χ3n) is 2.53. The van der Waals surface area contributed by atoms with E-state index in [2.05, 4.69) is 16.9 Å². The minimum absolute atomic E-state index is 0.385. The molecule has 0 aromatic carbocycles. The summed E-state index contributed by atoms with van der Waals surface area (Å²) >= 11 is 0. The van der Waals surface area contributed by atoms with E-state index in [1.54, 1.807) is 6.07 Å². The fourth-order valence-corrected chi connectivity index (χ4v) is 1.43. The van der Waals surface area contributed by atoms with Crippen LogP contribution in [-0.4, -0.2) is 56.2 Å². The molecule has 120 valence electrons. The van der Waals surface area contributed by atoms with Crippen LogP contribution in [0.25, 0.3) is 0 Å². The third-order valence-corrected chi connectivity index (χ3v) is 2.53. The van der Waals surface area contributed by atoms with Gasteiger partial charge < -0.3 is 24.7 Å². The molecule has 0 fully saturated rings. The number of hydrogen-bond donors (Lipinski definition) is 1. The number of nitrogens with two attached hydrogens (primary N) is 1. The smallest absolute Gasteiger partial charge is 0.218 e. The van der Waals surface area contributed by atoms with Crippen LogP contribution in [-0.2, 0) is 14.2 Å². The quantitative estimate of drug-likeness (QED) is 0.549. The Hall–Kier alpha value is -1.44. The summed E-state index contributed by atoms with van der Waals surface area (Å²) in [7, 11) is 0. The van der Waals surface area contributed by atoms with Crippen LogP contribution in [0.2, 0.25) is 0 Å². The molecule has 21 heavy (non-hydrogen) atoms. The monoisotopic (exact) mass is 299 g/mol. The second kappa shape index (κ2) is 12.3. The minimum Gasteiger partial charge on any atom is -0.475 e. The van der Waals surface area contributed by atoms with Crippen LogP contribution < -0.4 is 10.5 Å². The number of hydrogen-bond acceptors (Lipinski definition) is 7. The van der Waals surface area contributed by atoms with Crippen LogP contribution in [0.4, 0.5) is 5.82 Å². The maximum absolute atomic E-state index is 5.51. The first kappa shape index (κ1) is 17.6. The average molecular weight is 299 g/mol. The van der Waals surface area contributed by atoms with E-state index in [-0.39, 0.29) is 0 Å². The van der Waals surface area contributed by atoms with E-state index < -0.39 is 0 Å². The molecule has 0 amide bonds. The molecule has 0 aliphatic heterocycles. The molecule has 0 saturated carbocycles. The molecule has 1 aromatic heterocycles. The lowest BCUT2D eigenvalue weighted by Gasteiger charge is -2.07. The molecule has 0 bridgehead atoms. The van der Waals surface area contributed by atoms with E-state index in [9.17, 15) is 0 Å². The van der Waals surface area contributed by atoms with Gasteiger partial charge in [0.2, 0.25) is 5.88 Å². The van der Waals surface area contributed by atoms with E-state index in [0.29, 0.717) is 51.3 Å². The molecule has 0 atom stereocenters. The van der Waals surface area contributed by atoms with Crippen molar-refractivity contribution in [3.8, 4) is 5.88 Å². The van der Waals surface area contributed by atoms with E-state index in [1.807, 2.05) is 0 Å². The number of ether oxygens (including phenoxy) is 4. The van der Waals surface area contributed by atoms with Gasteiger partial charge in [0.05, 0.1) is 33.0 Å². The van der Waals surface area contributed by atoms with E-state index >= 15 is 0 Å². The molecule has 1 rings (SSSR count). The maximum atomic E-state index is 5.51. The molecule has 0 saturated heterocycles. The molecule has 0 spiro atoms. The fraction of sp³-hybridized carbons (Fsp3) is 0.714. The second-order valence-corrected chi connectivity index (χ2v) is 4.32. The van der Waals surface area contributed by atoms with Gasteiger partial charge in [0.25, 0.3) is 0 Å². The van der Waals surface area contributed by atoms with Crippen LogP contribution in [0.5, 0.6) is 5.88 Å². The van der Waals surface area contributed by atoms with E-state index in [4.69, 9.17) is 24.7 Å². The Morgan fingerprint density at radius 3 is 2.14 bits per heavy atom. The van der Waals surface area contributed by atoms with Gasteiger partial charge in [0.1, 0.15) is 18.8 Å². The summed E-state index contributed by atoms with van der Waals surface area (Å²) in [6.45, 7) is 6.16. The zero-order chi connectivity index (χ0) is 15.2. The Bertz CT molecular complexity index is 366. The van der Waals surface area contributed by atoms with E-state index in [0.717, 1.165) is 19.4 Å². The first-order valence-corrected chi connectivity index (χ1v) is 7.26. The Balaban J connectivity index is 1.82. The van der Waals surface area contributed by atoms with Gasteiger partial charge in [-0.15, -0.1) is 0 Å². The number of unbranched alkanes of at least 4 members (excludes halogenated alkanes) is 1. The summed E-state index contributed by atoms with van der Waals surface area (Å²) in [4.78, 5) is 7.70. The summed E-state index contributed by atoms with van der Waals surface area (Å²) in [6, 6.07) is 1.57. The highest BCUT2D eigenvalue weighted by molar-refractivity contribution is 5.30. The summed E-state index contributed by atoms with van der Waals surface area (Å²) < 4.78 is 21.5. The molecule has 1 heterocycles. The Morgan fingerprint density at radius 1 is 0.905 bits per heavy atom. The van der Waals surface area contributed by atoms with Crippen molar-refractivity contribution in [2.24, 2.45) is 0 Å². The third kappa shape index (κ3) is 10.0. The normalized spacial score (nSPS) is 10.7. The zero-order valence-electron chi connectivity index (χ0n) is 12.6. The fourth-order valence-electron chi connectivity index (χ4n) is 1.43. The van der Waals surface area contributed by atoms with Crippen molar-refractivity contribution in [2.75, 3.05) is 52.0 Å². The summed E-state index contributed by atoms with van der Waals surface area (Å²) in [6.07, 6.45) is 3.61. The molecule has 7 heteroatoms. The minimum atomic E-state index is 0.385. The van der Waals surface area contributed by atoms with Crippen LogP contribution in [0.15, 0.2) is 12.4 Å². The highest BCUT2D eigenvalue weighted by Gasteiger charge is 1.97. The first-order valence-electron chi connectivity index (χ1n) is 7.26. The molecule has 0 radical (unpaired) electrons. The van der Waals surface area contributed by atoms with Crippen LogP contribution >= 0.6 is 0 Å². The Kier molecular flexibility index (Phi) is 10.3. The Morgan fingerprint density at radius 2 is 1.52 bits per heavy atom. The van der Waals surface area contributed by atoms with Crippen LogP contribution in [0.1, 0.15) is 19.8 Å². The van der Waals surface area contributed by atoms with Crippen LogP contribution in [0.3, 0.4) is 0 Å². The highest BCUT2D eigenvalue weighted by Crippen LogP contribution is 2.06. The van der Waals surface area contributed by atoms with Crippen molar-refractivity contribution in [1.29, 1.82) is 0 Å². The van der Waals surface area contributed by atoms with Gasteiger partial charge in [0, 0.05) is 12.7 Å². The molecule has 1 aromatic rings. The average Bonchev–Trinajstić information content (AvgIpc) is 2.48. The predicted octanol–water partition coefficient (Wildman–Crippen LogP) is 1.29. The SMILES string of the molecule is CCCCOCCOCCOCCOc1cc(N)ncn1. The van der Waals surface area contributed by atoms with Gasteiger partial charge in [-0.25, -0.2) is 9.97 Å². The summed E-state index contributed by atoms with van der Waals surface area (Å²) in [5.41, 5.74) is 5.51. The van der Waals surface area contributed by atoms with Crippen molar-refractivity contribution < 1.29 is 18.9 Å². The van der Waals surface area contributed by atoms with Crippen molar-refractivity contribution in [3.63, 3.8) is 0 Å². The molecule has 0 aliphatic rings. The number of nitrogen functional groups attached to an aromatic ring is 1. The second-order valence-electron chi connectivity index (χ2n) is 4.32. The predicted molar refractivity (Wildman–Crippen MR) is 79.3 cm³/mol. The summed E-state index contributed by atoms with van der Waals surface area (Å²) in [5.74, 6) is 0.835. The van der Waals surface area contributed by atoms with Gasteiger partial charge in [-0.3, -0.25) is 0 Å². The molecule has 2 N–H and O–H groups in total. The number of anilines is 1. The maximum Gasteiger partial charge on any atom is 0.218 e. The van der Waals surface area contributed by atoms with Crippen LogP contribution in [0, 0.1) is 0 Å². The lowest BCUT2D eigenvalue weighted by molar-refractivity contribution is 0.00872. The van der Waals surface area contributed by atoms with Crippen molar-refractivity contribution in [2.45, 2.75) is 19.8 Å². The number of nitrogens with zero attached hydrogens (tertiary/aromatic N) is 2. The van der Waals surface area contributed by atoms with Gasteiger partial charge in [0.15, 0.2) is 0 Å². The van der Waals surface area contributed by atoms with Crippen molar-refractivity contribution in [3.05, 3.63) is 12.4 Å². The lowest BCUT2D eigenvalue weighted by atomic mass is 10.4. The topological polar surface area (TPSA) is 88.7 Å². The lowest BCUT2D eigenvalue weighted by Crippen LogP contribution is -2.13. The molecular formula is C14H25N3O4. The zero-order valence-corrected chi connectivity index (χ0v) is 12.6. The van der Waals surface area contributed by atoms with Gasteiger partial charge in [-0.2, -0.15) is 0 Å². The molecule has 0 aliphatic carbocycles. The first-order chi connectivity index (χ1) is 10.3. The highest BCUT2D eigenvalue weighted by atomic mass is 16.6. The van der Waals surface area contributed by atoms with Crippen molar-refractivity contribution >= 4 is 5.82 Å². The van der Waals surface area contributed by atoms with Gasteiger partial charge >= 0.3 is 0 Å². The number of rotatable bonds is 13. The van der Waals surface area contributed by atoms with E-state index in [1.165, 1.54) is 6.33 Å². The largest absolute Gasteiger partial charge is 0.475 e. The number of aromatic nitrogens is 2. The summed E-state index contributed by atoms with van der Waals surface area (Å²) in [5, 5.41) is 0. The standard InChI is InChI=1S/C14H25N3O4/c1-2-3-4-18-5-6-19-7-8-20-9-10-21-14-11-13(15)16-12-17-14/h11-12H,2-10H2,1H3,(H2,15,16,17). The Labute approximate surface area is 125 Å². The molecular weight excluding hydrogens is 274 g/mol. The van der Waals surface area contributed by atoms with Gasteiger partial charge in [-0.1, -0.05) is 13.3 Å². The molecule has 0 unspecified atom stereocenters. The van der Waals surface area contributed by atoms with Gasteiger partial charge in [-0.05, 0) is 6.42 Å². The molecule has 7 nitrogen and oxygen atoms in total. The van der Waals surface area contributed by atoms with Crippen molar-refractivity contribution in [1.82, 2.24) is 9.97 Å².